The molecule has 0 bridgehead atoms. The minimum Gasteiger partial charge on any atom is -0.454 e. The predicted molar refractivity (Wildman–Crippen MR) is 108 cm³/mol. The fourth-order valence-electron chi connectivity index (χ4n) is 4.36. The first kappa shape index (κ1) is 19.7. The van der Waals surface area contributed by atoms with Gasteiger partial charge in [-0.2, -0.15) is 0 Å². The van der Waals surface area contributed by atoms with Crippen molar-refractivity contribution in [2.75, 3.05) is 19.9 Å². The Hall–Kier alpha value is -3.30. The standard InChI is InChI=1S/C21H25N5O5/c27-20(25-9-1-2-10-25)17-12-26(24-23-17)15-5-3-14(4-6-15)22-21(28)31-16-7-8-18-19(11-16)30-13-29-18/h7-8,11-12,14-15H,1-6,9-10,13H2,(H,22,28). The Morgan fingerprint density at radius 2 is 1.84 bits per heavy atom. The molecule has 0 unspecified atom stereocenters. The lowest BCUT2D eigenvalue weighted by atomic mass is 9.91. The average Bonchev–Trinajstić information content (AvgIpc) is 3.55. The smallest absolute Gasteiger partial charge is 0.412 e. The first-order valence-corrected chi connectivity index (χ1v) is 10.7. The second-order valence-corrected chi connectivity index (χ2v) is 8.14. The van der Waals surface area contributed by atoms with Crippen molar-refractivity contribution >= 4 is 12.0 Å². The number of benzene rings is 1. The van der Waals surface area contributed by atoms with Crippen LogP contribution in [0.15, 0.2) is 24.4 Å². The van der Waals surface area contributed by atoms with Gasteiger partial charge >= 0.3 is 6.09 Å². The number of likely N-dealkylation sites (tertiary alicyclic amines) is 1. The summed E-state index contributed by atoms with van der Waals surface area (Å²) in [5.41, 5.74) is 0.412. The van der Waals surface area contributed by atoms with Crippen LogP contribution >= 0.6 is 0 Å². The lowest BCUT2D eigenvalue weighted by Crippen LogP contribution is -2.39. The van der Waals surface area contributed by atoms with Crippen LogP contribution in [0.5, 0.6) is 17.2 Å². The molecule has 0 atom stereocenters. The van der Waals surface area contributed by atoms with E-state index in [1.165, 1.54) is 0 Å². The number of carbonyl (C=O) groups is 2. The molecular formula is C21H25N5O5. The molecule has 3 aliphatic rings. The lowest BCUT2D eigenvalue weighted by molar-refractivity contribution is 0.0786. The maximum atomic E-state index is 12.5. The van der Waals surface area contributed by atoms with E-state index in [9.17, 15) is 9.59 Å². The number of hydrogen-bond acceptors (Lipinski definition) is 7. The zero-order valence-electron chi connectivity index (χ0n) is 17.2. The molecule has 31 heavy (non-hydrogen) atoms. The fourth-order valence-corrected chi connectivity index (χ4v) is 4.36. The number of hydrogen-bond donors (Lipinski definition) is 1. The Bertz CT molecular complexity index is 963. The normalized spacial score (nSPS) is 22.4. The van der Waals surface area contributed by atoms with Crippen LogP contribution in [-0.2, 0) is 0 Å². The molecule has 2 amide bonds. The summed E-state index contributed by atoms with van der Waals surface area (Å²) >= 11 is 0. The summed E-state index contributed by atoms with van der Waals surface area (Å²) in [5, 5.41) is 11.2. The number of nitrogens with zero attached hydrogens (tertiary/aromatic N) is 4. The third kappa shape index (κ3) is 4.28. The van der Waals surface area contributed by atoms with E-state index in [0.717, 1.165) is 51.6 Å². The molecule has 164 valence electrons. The molecule has 10 heteroatoms. The minimum atomic E-state index is -0.485. The summed E-state index contributed by atoms with van der Waals surface area (Å²) in [6, 6.07) is 5.25. The molecule has 1 saturated heterocycles. The van der Waals surface area contributed by atoms with E-state index < -0.39 is 6.09 Å². The Morgan fingerprint density at radius 1 is 1.06 bits per heavy atom. The van der Waals surface area contributed by atoms with Crippen molar-refractivity contribution in [2.24, 2.45) is 0 Å². The van der Waals surface area contributed by atoms with Crippen LogP contribution in [0.4, 0.5) is 4.79 Å². The zero-order chi connectivity index (χ0) is 21.2. The maximum absolute atomic E-state index is 12.5. The number of ether oxygens (including phenoxy) is 3. The number of fused-ring (bicyclic) bond motifs is 1. The molecule has 2 aromatic rings. The van der Waals surface area contributed by atoms with Crippen LogP contribution in [0.25, 0.3) is 0 Å². The van der Waals surface area contributed by atoms with Gasteiger partial charge in [-0.25, -0.2) is 9.48 Å². The number of rotatable bonds is 4. The van der Waals surface area contributed by atoms with Crippen molar-refractivity contribution in [2.45, 2.75) is 50.6 Å². The molecule has 3 heterocycles. The van der Waals surface area contributed by atoms with Gasteiger partial charge in [-0.1, -0.05) is 5.21 Å². The van der Waals surface area contributed by atoms with Crippen LogP contribution in [0.1, 0.15) is 55.1 Å². The van der Waals surface area contributed by atoms with Gasteiger partial charge in [-0.15, -0.1) is 5.10 Å². The molecular weight excluding hydrogens is 402 g/mol. The van der Waals surface area contributed by atoms with Crippen molar-refractivity contribution in [1.82, 2.24) is 25.2 Å². The van der Waals surface area contributed by atoms with Gasteiger partial charge in [0.25, 0.3) is 5.91 Å². The fraction of sp³-hybridized carbons (Fsp3) is 0.524. The van der Waals surface area contributed by atoms with Gasteiger partial charge < -0.3 is 24.4 Å². The first-order chi connectivity index (χ1) is 15.2. The molecule has 1 aromatic heterocycles. The van der Waals surface area contributed by atoms with E-state index in [4.69, 9.17) is 14.2 Å². The summed E-state index contributed by atoms with van der Waals surface area (Å²) in [7, 11) is 0. The van der Waals surface area contributed by atoms with Crippen LogP contribution in [0, 0.1) is 0 Å². The van der Waals surface area contributed by atoms with Crippen molar-refractivity contribution < 1.29 is 23.8 Å². The third-order valence-electron chi connectivity index (χ3n) is 6.07. The summed E-state index contributed by atoms with van der Waals surface area (Å²) in [5.74, 6) is 1.59. The largest absolute Gasteiger partial charge is 0.454 e. The van der Waals surface area contributed by atoms with Gasteiger partial charge in [0.15, 0.2) is 17.2 Å². The molecule has 10 nitrogen and oxygen atoms in total. The molecule has 2 fully saturated rings. The lowest BCUT2D eigenvalue weighted by Gasteiger charge is -2.28. The van der Waals surface area contributed by atoms with Crippen LogP contribution in [-0.4, -0.2) is 57.8 Å². The molecule has 1 aliphatic carbocycles. The van der Waals surface area contributed by atoms with E-state index >= 15 is 0 Å². The van der Waals surface area contributed by atoms with Crippen molar-refractivity contribution in [3.63, 3.8) is 0 Å². The van der Waals surface area contributed by atoms with Crippen molar-refractivity contribution in [1.29, 1.82) is 0 Å². The molecule has 1 saturated carbocycles. The van der Waals surface area contributed by atoms with E-state index in [1.54, 1.807) is 29.1 Å². The highest BCUT2D eigenvalue weighted by atomic mass is 16.7. The maximum Gasteiger partial charge on any atom is 0.412 e. The van der Waals surface area contributed by atoms with Crippen LogP contribution in [0.3, 0.4) is 0 Å². The third-order valence-corrected chi connectivity index (χ3v) is 6.07. The van der Waals surface area contributed by atoms with Gasteiger partial charge in [0.2, 0.25) is 6.79 Å². The van der Waals surface area contributed by atoms with Crippen LogP contribution in [0.2, 0.25) is 0 Å². The average molecular weight is 427 g/mol. The van der Waals surface area contributed by atoms with Gasteiger partial charge in [0.05, 0.1) is 12.2 Å². The molecule has 2 aliphatic heterocycles. The molecule has 5 rings (SSSR count). The monoisotopic (exact) mass is 427 g/mol. The first-order valence-electron chi connectivity index (χ1n) is 10.7. The summed E-state index contributed by atoms with van der Waals surface area (Å²) in [6.07, 6.45) is 6.66. The second kappa shape index (κ2) is 8.44. The van der Waals surface area contributed by atoms with Crippen LogP contribution < -0.4 is 19.5 Å². The summed E-state index contributed by atoms with van der Waals surface area (Å²) < 4.78 is 17.7. The summed E-state index contributed by atoms with van der Waals surface area (Å²) in [4.78, 5) is 26.6. The topological polar surface area (TPSA) is 108 Å². The Kier molecular flexibility index (Phi) is 5.35. The van der Waals surface area contributed by atoms with E-state index in [1.807, 2.05) is 4.90 Å². The van der Waals surface area contributed by atoms with Gasteiger partial charge in [-0.3, -0.25) is 4.79 Å². The SMILES string of the molecule is O=C(NC1CCC(n2cc(C(=O)N3CCCC3)nn2)CC1)Oc1ccc2c(c1)OCO2. The van der Waals surface area contributed by atoms with Crippen molar-refractivity contribution in [3.05, 3.63) is 30.1 Å². The Morgan fingerprint density at radius 3 is 2.65 bits per heavy atom. The van der Waals surface area contributed by atoms with E-state index in [2.05, 4.69) is 15.6 Å². The second-order valence-electron chi connectivity index (χ2n) is 8.14. The zero-order valence-corrected chi connectivity index (χ0v) is 17.2. The van der Waals surface area contributed by atoms with Gasteiger partial charge in [-0.05, 0) is 50.7 Å². The molecule has 0 spiro atoms. The highest BCUT2D eigenvalue weighted by molar-refractivity contribution is 5.92. The van der Waals surface area contributed by atoms with Gasteiger partial charge in [0, 0.05) is 25.2 Å². The van der Waals surface area contributed by atoms with E-state index in [-0.39, 0.29) is 24.8 Å². The highest BCUT2D eigenvalue weighted by Gasteiger charge is 2.27. The Balaban J connectivity index is 1.10. The quantitative estimate of drug-likeness (QED) is 0.799. The number of amides is 2. The summed E-state index contributed by atoms with van der Waals surface area (Å²) in [6.45, 7) is 1.77. The number of aromatic nitrogens is 3. The molecule has 1 N–H and O–H groups in total. The molecule has 1 aromatic carbocycles. The highest BCUT2D eigenvalue weighted by Crippen LogP contribution is 2.35. The Labute approximate surface area is 179 Å². The van der Waals surface area contributed by atoms with E-state index in [0.29, 0.717) is 22.9 Å². The molecule has 0 radical (unpaired) electrons. The number of carbonyl (C=O) groups excluding carboxylic acids is 2. The predicted octanol–water partition coefficient (Wildman–Crippen LogP) is 2.52. The van der Waals surface area contributed by atoms with Crippen molar-refractivity contribution in [3.8, 4) is 17.2 Å². The number of nitrogens with one attached hydrogen (secondary N) is 1. The minimum absolute atomic E-state index is 0.0342. The van der Waals surface area contributed by atoms with Gasteiger partial charge in [0.1, 0.15) is 5.75 Å².